The molecule has 1 heterocycles. The van der Waals surface area contributed by atoms with Crippen LogP contribution in [0, 0.1) is 0 Å². The van der Waals surface area contributed by atoms with Crippen molar-refractivity contribution in [3.05, 3.63) is 53.6 Å². The van der Waals surface area contributed by atoms with Gasteiger partial charge in [0.25, 0.3) is 0 Å². The average molecular weight is 586 g/mol. The van der Waals surface area contributed by atoms with Crippen molar-refractivity contribution in [1.29, 1.82) is 0 Å². The van der Waals surface area contributed by atoms with E-state index in [0.717, 1.165) is 82.7 Å². The highest BCUT2D eigenvalue weighted by Gasteiger charge is 2.22. The molecule has 0 aliphatic carbocycles. The molecule has 0 radical (unpaired) electrons. The molecule has 0 atom stereocenters. The Balaban J connectivity index is 0.00000380. The van der Waals surface area contributed by atoms with Gasteiger partial charge in [0.05, 0.1) is 27.4 Å². The fraction of sp³-hybridized carbons (Fsp3) is 0.567. The quantitative estimate of drug-likeness (QED) is 0.173. The highest BCUT2D eigenvalue weighted by Crippen LogP contribution is 2.40. The van der Waals surface area contributed by atoms with Crippen molar-refractivity contribution < 1.29 is 23.7 Å². The number of rotatable bonds is 16. The van der Waals surface area contributed by atoms with Gasteiger partial charge < -0.3 is 18.9 Å². The van der Waals surface area contributed by atoms with Gasteiger partial charge in [-0.05, 0) is 31.4 Å². The highest BCUT2D eigenvalue weighted by molar-refractivity contribution is 5.85. The van der Waals surface area contributed by atoms with Crippen LogP contribution in [0.1, 0.15) is 56.6 Å². The van der Waals surface area contributed by atoms with Crippen molar-refractivity contribution in [3.63, 3.8) is 0 Å². The van der Waals surface area contributed by atoms with Crippen molar-refractivity contribution in [2.24, 2.45) is 0 Å². The second-order valence-electron chi connectivity index (χ2n) is 9.50. The number of halogens is 2. The normalized spacial score (nSPS) is 13.6. The fourth-order valence-electron chi connectivity index (χ4n) is 4.72. The van der Waals surface area contributed by atoms with E-state index in [-0.39, 0.29) is 30.8 Å². The molecule has 0 saturated carbocycles. The van der Waals surface area contributed by atoms with E-state index >= 15 is 0 Å². The van der Waals surface area contributed by atoms with Crippen LogP contribution >= 0.6 is 24.8 Å². The molecule has 0 aromatic heterocycles. The number of methoxy groups -OCH3 is 2. The van der Waals surface area contributed by atoms with Crippen molar-refractivity contribution in [2.45, 2.75) is 58.5 Å². The monoisotopic (exact) mass is 584 g/mol. The molecule has 2 aromatic carbocycles. The minimum absolute atomic E-state index is 0. The van der Waals surface area contributed by atoms with E-state index < -0.39 is 0 Å². The topological polar surface area (TPSA) is 60.5 Å². The minimum Gasteiger partial charge on any atom is -0.493 e. The maximum Gasteiger partial charge on any atom is 0.305 e. The van der Waals surface area contributed by atoms with Crippen LogP contribution in [0.15, 0.2) is 42.5 Å². The number of hydrogen-bond acceptors (Lipinski definition) is 7. The largest absolute Gasteiger partial charge is 0.493 e. The third-order valence-electron chi connectivity index (χ3n) is 6.77. The van der Waals surface area contributed by atoms with Crippen LogP contribution in [0.25, 0.3) is 0 Å². The summed E-state index contributed by atoms with van der Waals surface area (Å²) in [6.45, 7) is 8.89. The summed E-state index contributed by atoms with van der Waals surface area (Å²) in [5.41, 5.74) is 2.49. The molecule has 2 aromatic rings. The smallest absolute Gasteiger partial charge is 0.305 e. The molecule has 39 heavy (non-hydrogen) atoms. The molecule has 1 aliphatic rings. The Hall–Kier alpha value is -2.19. The zero-order valence-electron chi connectivity index (χ0n) is 23.7. The van der Waals surface area contributed by atoms with E-state index in [1.807, 2.05) is 13.0 Å². The summed E-state index contributed by atoms with van der Waals surface area (Å²) in [5, 5.41) is 0. The lowest BCUT2D eigenvalue weighted by Gasteiger charge is -2.35. The summed E-state index contributed by atoms with van der Waals surface area (Å²) in [6, 6.07) is 14.7. The summed E-state index contributed by atoms with van der Waals surface area (Å²) in [4.78, 5) is 16.4. The molecule has 0 N–H and O–H groups in total. The summed E-state index contributed by atoms with van der Waals surface area (Å²) < 4.78 is 22.5. The third kappa shape index (κ3) is 11.8. The number of carbonyl (C=O) groups excluding carboxylic acids is 1. The van der Waals surface area contributed by atoms with Gasteiger partial charge in [0.15, 0.2) is 11.5 Å². The molecular formula is C30H46Cl2N2O5. The summed E-state index contributed by atoms with van der Waals surface area (Å²) >= 11 is 0. The number of esters is 1. The molecule has 220 valence electrons. The third-order valence-corrected chi connectivity index (χ3v) is 6.77. The van der Waals surface area contributed by atoms with Crippen LogP contribution in [0.2, 0.25) is 0 Å². The van der Waals surface area contributed by atoms with Crippen LogP contribution in [0.3, 0.4) is 0 Å². The van der Waals surface area contributed by atoms with Crippen molar-refractivity contribution >= 4 is 30.8 Å². The number of unbranched alkanes of at least 4 members (excludes halogenated alkanes) is 4. The number of hydrogen-bond donors (Lipinski definition) is 0. The van der Waals surface area contributed by atoms with Crippen molar-refractivity contribution in [2.75, 3.05) is 53.6 Å². The Bertz CT molecular complexity index is 940. The second-order valence-corrected chi connectivity index (χ2v) is 9.50. The molecule has 9 heteroatoms. The van der Waals surface area contributed by atoms with Gasteiger partial charge in [0.1, 0.15) is 0 Å². The molecule has 1 fully saturated rings. The Morgan fingerprint density at radius 3 is 2.05 bits per heavy atom. The molecule has 1 saturated heterocycles. The van der Waals surface area contributed by atoms with Gasteiger partial charge in [0, 0.05) is 51.3 Å². The van der Waals surface area contributed by atoms with E-state index in [4.69, 9.17) is 18.9 Å². The Kier molecular flexibility index (Phi) is 17.7. The van der Waals surface area contributed by atoms with Crippen LogP contribution in [0.5, 0.6) is 17.2 Å². The van der Waals surface area contributed by atoms with Gasteiger partial charge in [-0.1, -0.05) is 55.7 Å². The summed E-state index contributed by atoms with van der Waals surface area (Å²) in [7, 11) is 3.32. The van der Waals surface area contributed by atoms with E-state index in [1.54, 1.807) is 14.2 Å². The second kappa shape index (κ2) is 19.8. The van der Waals surface area contributed by atoms with E-state index in [2.05, 4.69) is 46.2 Å². The van der Waals surface area contributed by atoms with Crippen LogP contribution < -0.4 is 14.2 Å². The summed E-state index contributed by atoms with van der Waals surface area (Å²) in [5.74, 6) is 2.04. The summed E-state index contributed by atoms with van der Waals surface area (Å²) in [6.07, 6.45) is 5.52. The molecule has 0 bridgehead atoms. The van der Waals surface area contributed by atoms with E-state index in [1.165, 1.54) is 5.56 Å². The Labute approximate surface area is 246 Å². The standard InChI is InChI=1S/C30H44N2O5.2ClH/c1-4-36-28(33)15-11-6-5-7-12-22-37-29-26(16-17-27(34-2)30(29)35-3)24-32-20-18-31(19-21-32)23-25-13-9-8-10-14-25;;/h8-10,13-14,16-17H,4-7,11-12,15,18-24H2,1-3H3;2*1H. The molecule has 0 unspecified atom stereocenters. The number of ether oxygens (including phenoxy) is 4. The van der Waals surface area contributed by atoms with Crippen molar-refractivity contribution in [1.82, 2.24) is 9.80 Å². The first-order valence-corrected chi connectivity index (χ1v) is 13.7. The first-order valence-electron chi connectivity index (χ1n) is 13.7. The number of piperazine rings is 1. The molecule has 7 nitrogen and oxygen atoms in total. The van der Waals surface area contributed by atoms with Gasteiger partial charge >= 0.3 is 5.97 Å². The first-order chi connectivity index (χ1) is 18.1. The van der Waals surface area contributed by atoms with E-state index in [0.29, 0.717) is 31.1 Å². The number of benzene rings is 2. The van der Waals surface area contributed by atoms with Crippen LogP contribution in [-0.2, 0) is 22.6 Å². The van der Waals surface area contributed by atoms with Gasteiger partial charge in [0.2, 0.25) is 5.75 Å². The zero-order valence-corrected chi connectivity index (χ0v) is 25.3. The van der Waals surface area contributed by atoms with E-state index in [9.17, 15) is 4.79 Å². The highest BCUT2D eigenvalue weighted by atomic mass is 35.5. The first kappa shape index (κ1) is 34.8. The maximum atomic E-state index is 11.4. The maximum absolute atomic E-state index is 11.4. The Morgan fingerprint density at radius 1 is 0.769 bits per heavy atom. The van der Waals surface area contributed by atoms with Crippen molar-refractivity contribution in [3.8, 4) is 17.2 Å². The lowest BCUT2D eigenvalue weighted by Crippen LogP contribution is -2.45. The Morgan fingerprint density at radius 2 is 1.41 bits per heavy atom. The predicted octanol–water partition coefficient (Wildman–Crippen LogP) is 6.15. The van der Waals surface area contributed by atoms with Crippen LogP contribution in [0.4, 0.5) is 0 Å². The lowest BCUT2D eigenvalue weighted by atomic mass is 10.1. The lowest BCUT2D eigenvalue weighted by molar-refractivity contribution is -0.143. The van der Waals surface area contributed by atoms with Gasteiger partial charge in [-0.15, -0.1) is 24.8 Å². The molecular weight excluding hydrogens is 539 g/mol. The molecule has 0 spiro atoms. The predicted molar refractivity (Wildman–Crippen MR) is 161 cm³/mol. The van der Waals surface area contributed by atoms with Gasteiger partial charge in [-0.25, -0.2) is 0 Å². The zero-order chi connectivity index (χ0) is 26.3. The van der Waals surface area contributed by atoms with Gasteiger partial charge in [-0.3, -0.25) is 14.6 Å². The van der Waals surface area contributed by atoms with Crippen LogP contribution in [-0.4, -0.2) is 69.4 Å². The minimum atomic E-state index is -0.0962. The number of nitrogens with zero attached hydrogens (tertiary/aromatic N) is 2. The SMILES string of the molecule is CCOC(=O)CCCCCCCOc1c(CN2CCN(Cc3ccccc3)CC2)ccc(OC)c1OC.Cl.Cl. The molecule has 3 rings (SSSR count). The van der Waals surface area contributed by atoms with Gasteiger partial charge in [-0.2, -0.15) is 0 Å². The average Bonchev–Trinajstić information content (AvgIpc) is 2.92. The fourth-order valence-corrected chi connectivity index (χ4v) is 4.72. The molecule has 0 amide bonds. The number of carbonyl (C=O) groups is 1. The molecule has 1 aliphatic heterocycles.